The van der Waals surface area contributed by atoms with E-state index in [1.54, 1.807) is 44.0 Å². The summed E-state index contributed by atoms with van der Waals surface area (Å²) in [5.41, 5.74) is 2.53. The Balaban J connectivity index is 2.17. The molecule has 0 fully saturated rings. The van der Waals surface area contributed by atoms with Gasteiger partial charge in [0, 0.05) is 28.3 Å². The van der Waals surface area contributed by atoms with Crippen LogP contribution in [0.4, 0.5) is 0 Å². The van der Waals surface area contributed by atoms with Crippen molar-refractivity contribution >= 4 is 29.5 Å². The number of hydrogen-bond acceptors (Lipinski definition) is 9. The molecule has 9 heteroatoms. The number of dihydropyridines is 1. The molecule has 0 unspecified atom stereocenters. The van der Waals surface area contributed by atoms with E-state index in [2.05, 4.69) is 5.32 Å². The predicted molar refractivity (Wildman–Crippen MR) is 133 cm³/mol. The summed E-state index contributed by atoms with van der Waals surface area (Å²) in [6, 6.07) is 5.24. The summed E-state index contributed by atoms with van der Waals surface area (Å²) in [4.78, 5) is 39.8. The second kappa shape index (κ2) is 11.7. The Morgan fingerprint density at radius 1 is 1.17 bits per heavy atom. The largest absolute Gasteiger partial charge is 0.497 e. The lowest BCUT2D eigenvalue weighted by Crippen LogP contribution is -2.43. The van der Waals surface area contributed by atoms with Crippen LogP contribution < -0.4 is 14.8 Å². The van der Waals surface area contributed by atoms with E-state index in [9.17, 15) is 14.4 Å². The zero-order valence-corrected chi connectivity index (χ0v) is 21.9. The first kappa shape index (κ1) is 26.7. The first-order chi connectivity index (χ1) is 16.8. The highest BCUT2D eigenvalue weighted by molar-refractivity contribution is 7.99. The number of benzene rings is 1. The molecule has 0 amide bonds. The fraction of sp³-hybridized carbons (Fsp3) is 0.500. The highest BCUT2D eigenvalue weighted by Gasteiger charge is 2.48. The fourth-order valence-electron chi connectivity index (χ4n) is 4.74. The van der Waals surface area contributed by atoms with Gasteiger partial charge in [0.05, 0.1) is 32.8 Å². The SMILES string of the molecule is CCSCCOC(=O)C1=C(C)NC2=C(C(=O)[C@@H](C(=O)OC)[C@H](C)C2)[C@@H]1c1cc(OC)ccc1OC. The maximum atomic E-state index is 13.8. The molecule has 190 valence electrons. The van der Waals surface area contributed by atoms with Gasteiger partial charge in [-0.05, 0) is 43.2 Å². The van der Waals surface area contributed by atoms with Crippen LogP contribution in [0.3, 0.4) is 0 Å². The number of ether oxygens (including phenoxy) is 4. The second-order valence-electron chi connectivity index (χ2n) is 8.48. The van der Waals surface area contributed by atoms with Crippen molar-refractivity contribution < 1.29 is 33.3 Å². The number of hydrogen-bond donors (Lipinski definition) is 1. The van der Waals surface area contributed by atoms with Crippen molar-refractivity contribution in [2.24, 2.45) is 11.8 Å². The summed E-state index contributed by atoms with van der Waals surface area (Å²) < 4.78 is 21.6. The maximum Gasteiger partial charge on any atom is 0.336 e. The third kappa shape index (κ3) is 5.34. The van der Waals surface area contributed by atoms with Crippen molar-refractivity contribution in [3.8, 4) is 11.5 Å². The second-order valence-corrected chi connectivity index (χ2v) is 9.87. The number of allylic oxidation sites excluding steroid dienone is 3. The van der Waals surface area contributed by atoms with Crippen LogP contribution in [0, 0.1) is 11.8 Å². The van der Waals surface area contributed by atoms with Gasteiger partial charge in [0.25, 0.3) is 0 Å². The molecule has 0 saturated carbocycles. The van der Waals surface area contributed by atoms with E-state index in [4.69, 9.17) is 18.9 Å². The Morgan fingerprint density at radius 3 is 2.54 bits per heavy atom. The van der Waals surface area contributed by atoms with Crippen LogP contribution in [0.2, 0.25) is 0 Å². The maximum absolute atomic E-state index is 13.8. The smallest absolute Gasteiger partial charge is 0.336 e. The Bertz CT molecular complexity index is 1060. The molecule has 1 N–H and O–H groups in total. The van der Waals surface area contributed by atoms with E-state index in [1.807, 2.05) is 13.8 Å². The molecule has 1 aliphatic carbocycles. The normalized spacial score (nSPS) is 21.8. The molecular weight excluding hydrogens is 470 g/mol. The van der Waals surface area contributed by atoms with Gasteiger partial charge in [0.15, 0.2) is 5.78 Å². The van der Waals surface area contributed by atoms with E-state index >= 15 is 0 Å². The van der Waals surface area contributed by atoms with E-state index in [-0.39, 0.29) is 18.3 Å². The van der Waals surface area contributed by atoms with Crippen molar-refractivity contribution in [2.45, 2.75) is 33.1 Å². The molecule has 0 radical (unpaired) electrons. The molecule has 1 heterocycles. The number of ketones is 1. The number of esters is 2. The van der Waals surface area contributed by atoms with Gasteiger partial charge in [-0.3, -0.25) is 9.59 Å². The van der Waals surface area contributed by atoms with Gasteiger partial charge in [-0.1, -0.05) is 13.8 Å². The number of thioether (sulfide) groups is 1. The van der Waals surface area contributed by atoms with Crippen LogP contribution in [0.1, 0.15) is 38.7 Å². The number of nitrogens with one attached hydrogen (secondary N) is 1. The van der Waals surface area contributed by atoms with Gasteiger partial charge in [-0.15, -0.1) is 0 Å². The average Bonchev–Trinajstić information content (AvgIpc) is 2.84. The fourth-order valence-corrected chi connectivity index (χ4v) is 5.23. The van der Waals surface area contributed by atoms with Crippen molar-refractivity contribution in [1.82, 2.24) is 5.32 Å². The van der Waals surface area contributed by atoms with Gasteiger partial charge in [-0.2, -0.15) is 11.8 Å². The summed E-state index contributed by atoms with van der Waals surface area (Å²) in [5, 5.41) is 3.26. The van der Waals surface area contributed by atoms with Crippen LogP contribution in [0.25, 0.3) is 0 Å². The van der Waals surface area contributed by atoms with Gasteiger partial charge >= 0.3 is 11.9 Å². The van der Waals surface area contributed by atoms with Gasteiger partial charge in [-0.25, -0.2) is 4.79 Å². The molecule has 0 saturated heterocycles. The molecule has 0 bridgehead atoms. The lowest BCUT2D eigenvalue weighted by molar-refractivity contribution is -0.151. The minimum atomic E-state index is -0.962. The van der Waals surface area contributed by atoms with Crippen molar-refractivity contribution in [3.63, 3.8) is 0 Å². The highest BCUT2D eigenvalue weighted by atomic mass is 32.2. The van der Waals surface area contributed by atoms with Crippen LogP contribution in [0.5, 0.6) is 11.5 Å². The van der Waals surface area contributed by atoms with Gasteiger partial charge < -0.3 is 24.3 Å². The number of Topliss-reactive ketones (excluding diaryl/α,β-unsaturated/α-hetero) is 1. The molecule has 3 atom stereocenters. The lowest BCUT2D eigenvalue weighted by atomic mass is 9.69. The standard InChI is InChI=1S/C26H33NO7S/c1-7-35-11-10-34-26(30)21-15(3)27-18-12-14(2)20(25(29)33-6)24(28)23(18)22(21)17-13-16(31-4)8-9-19(17)32-5/h8-9,13-14,20,22,27H,7,10-12H2,1-6H3/t14-,20+,22-/m1/s1. The Kier molecular flexibility index (Phi) is 8.88. The first-order valence-corrected chi connectivity index (χ1v) is 12.7. The topological polar surface area (TPSA) is 100 Å². The van der Waals surface area contributed by atoms with Gasteiger partial charge in [0.2, 0.25) is 0 Å². The molecule has 8 nitrogen and oxygen atoms in total. The average molecular weight is 504 g/mol. The number of carbonyl (C=O) groups is 3. The molecule has 1 aromatic carbocycles. The van der Waals surface area contributed by atoms with Crippen molar-refractivity contribution in [1.29, 1.82) is 0 Å². The number of carbonyl (C=O) groups excluding carboxylic acids is 3. The summed E-state index contributed by atoms with van der Waals surface area (Å²) in [6.07, 6.45) is 0.455. The summed E-state index contributed by atoms with van der Waals surface area (Å²) in [5.74, 6) is -0.865. The molecule has 35 heavy (non-hydrogen) atoms. The molecule has 2 aliphatic rings. The van der Waals surface area contributed by atoms with Crippen LogP contribution in [0.15, 0.2) is 40.7 Å². The minimum Gasteiger partial charge on any atom is -0.497 e. The Morgan fingerprint density at radius 2 is 1.91 bits per heavy atom. The quantitative estimate of drug-likeness (QED) is 0.308. The van der Waals surface area contributed by atoms with E-state index in [0.717, 1.165) is 5.75 Å². The monoisotopic (exact) mass is 503 g/mol. The summed E-state index contributed by atoms with van der Waals surface area (Å²) in [7, 11) is 4.34. The lowest BCUT2D eigenvalue weighted by Gasteiger charge is -2.38. The van der Waals surface area contributed by atoms with Crippen molar-refractivity contribution in [3.05, 3.63) is 46.3 Å². The zero-order chi connectivity index (χ0) is 25.7. The number of rotatable bonds is 9. The highest BCUT2D eigenvalue weighted by Crippen LogP contribution is 2.48. The van der Waals surface area contributed by atoms with Crippen molar-refractivity contribution in [2.75, 3.05) is 39.4 Å². The molecule has 1 aliphatic heterocycles. The van der Waals surface area contributed by atoms with Crippen LogP contribution in [-0.4, -0.2) is 57.2 Å². The Hall–Kier alpha value is -2.94. The summed E-state index contributed by atoms with van der Waals surface area (Å²) >= 11 is 1.67. The van der Waals surface area contributed by atoms with E-state index in [0.29, 0.717) is 51.8 Å². The van der Waals surface area contributed by atoms with E-state index < -0.39 is 23.8 Å². The molecule has 0 spiro atoms. The predicted octanol–water partition coefficient (Wildman–Crippen LogP) is 3.61. The molecular formula is C26H33NO7S. The minimum absolute atomic E-state index is 0.248. The molecule has 0 aromatic heterocycles. The van der Waals surface area contributed by atoms with Crippen LogP contribution in [-0.2, 0) is 23.9 Å². The van der Waals surface area contributed by atoms with Gasteiger partial charge in [0.1, 0.15) is 24.0 Å². The third-order valence-electron chi connectivity index (χ3n) is 6.38. The van der Waals surface area contributed by atoms with Crippen LogP contribution >= 0.6 is 11.8 Å². The first-order valence-electron chi connectivity index (χ1n) is 11.6. The number of methoxy groups -OCH3 is 3. The Labute approximate surface area is 210 Å². The summed E-state index contributed by atoms with van der Waals surface area (Å²) in [6.45, 7) is 5.93. The third-order valence-corrected chi connectivity index (χ3v) is 7.24. The molecule has 1 aromatic rings. The zero-order valence-electron chi connectivity index (χ0n) is 21.1. The molecule has 3 rings (SSSR count). The van der Waals surface area contributed by atoms with E-state index in [1.165, 1.54) is 14.2 Å².